The molecule has 2 heterocycles. The van der Waals surface area contributed by atoms with E-state index in [1.54, 1.807) is 6.07 Å². The number of aromatic nitrogens is 4. The van der Waals surface area contributed by atoms with Crippen LogP contribution in [0.5, 0.6) is 0 Å². The Hall–Kier alpha value is -4.05. The van der Waals surface area contributed by atoms with E-state index in [2.05, 4.69) is 30.2 Å². The fourth-order valence-corrected chi connectivity index (χ4v) is 3.90. The SMILES string of the molecule is Cc1c(C(=O)Nc2ccc(S(=O)(=O)Nc3ncccn3)cc2)n[nH]c1-c1ccccc1. The zero-order valence-corrected chi connectivity index (χ0v) is 17.2. The van der Waals surface area contributed by atoms with Crippen LogP contribution in [-0.2, 0) is 10.0 Å². The molecule has 0 fully saturated rings. The summed E-state index contributed by atoms with van der Waals surface area (Å²) in [5.74, 6) is -0.426. The molecular weight excluding hydrogens is 416 g/mol. The molecule has 0 aliphatic carbocycles. The number of nitrogens with one attached hydrogen (secondary N) is 3. The smallest absolute Gasteiger partial charge is 0.276 e. The lowest BCUT2D eigenvalue weighted by atomic mass is 10.1. The monoisotopic (exact) mass is 434 g/mol. The molecule has 156 valence electrons. The third kappa shape index (κ3) is 4.43. The number of nitrogens with zero attached hydrogens (tertiary/aromatic N) is 3. The Bertz CT molecular complexity index is 1300. The number of sulfonamides is 1. The fourth-order valence-electron chi connectivity index (χ4n) is 2.94. The van der Waals surface area contributed by atoms with E-state index >= 15 is 0 Å². The molecule has 9 nitrogen and oxygen atoms in total. The number of H-pyrrole nitrogens is 1. The molecule has 0 saturated heterocycles. The number of amides is 1. The van der Waals surface area contributed by atoms with Crippen LogP contribution in [0, 0.1) is 6.92 Å². The number of hydrogen-bond acceptors (Lipinski definition) is 6. The Kier molecular flexibility index (Phi) is 5.46. The number of aromatic amines is 1. The van der Waals surface area contributed by atoms with Gasteiger partial charge in [0.2, 0.25) is 5.95 Å². The number of benzene rings is 2. The maximum absolute atomic E-state index is 12.7. The predicted molar refractivity (Wildman–Crippen MR) is 116 cm³/mol. The van der Waals surface area contributed by atoms with E-state index in [9.17, 15) is 13.2 Å². The Morgan fingerprint density at radius 2 is 1.61 bits per heavy atom. The van der Waals surface area contributed by atoms with E-state index in [4.69, 9.17) is 0 Å². The minimum absolute atomic E-state index is 0.0141. The molecule has 0 unspecified atom stereocenters. The van der Waals surface area contributed by atoms with Crippen molar-refractivity contribution in [1.29, 1.82) is 0 Å². The molecule has 0 radical (unpaired) electrons. The van der Waals surface area contributed by atoms with Crippen LogP contribution in [0.3, 0.4) is 0 Å². The molecule has 31 heavy (non-hydrogen) atoms. The van der Waals surface area contributed by atoms with Crippen LogP contribution in [0.15, 0.2) is 78.0 Å². The highest BCUT2D eigenvalue weighted by Gasteiger charge is 2.19. The molecule has 0 atom stereocenters. The first-order chi connectivity index (χ1) is 14.9. The Balaban J connectivity index is 1.48. The average Bonchev–Trinajstić information content (AvgIpc) is 3.16. The quantitative estimate of drug-likeness (QED) is 0.427. The van der Waals surface area contributed by atoms with E-state index in [-0.39, 0.29) is 16.5 Å². The first kappa shape index (κ1) is 20.2. The van der Waals surface area contributed by atoms with Crippen molar-refractivity contribution in [3.63, 3.8) is 0 Å². The number of carbonyl (C=O) groups is 1. The van der Waals surface area contributed by atoms with Crippen molar-refractivity contribution in [1.82, 2.24) is 20.2 Å². The molecule has 4 aromatic rings. The van der Waals surface area contributed by atoms with Gasteiger partial charge in [-0.3, -0.25) is 9.89 Å². The molecule has 2 aromatic carbocycles. The maximum atomic E-state index is 12.7. The number of hydrogen-bond donors (Lipinski definition) is 3. The molecule has 10 heteroatoms. The maximum Gasteiger partial charge on any atom is 0.276 e. The molecule has 0 aliphatic rings. The summed E-state index contributed by atoms with van der Waals surface area (Å²) in [5, 5.41) is 9.76. The van der Waals surface area contributed by atoms with Crippen molar-refractivity contribution in [2.75, 3.05) is 10.0 Å². The predicted octanol–water partition coefficient (Wildman–Crippen LogP) is 3.23. The van der Waals surface area contributed by atoms with E-state index in [1.165, 1.54) is 36.7 Å². The van der Waals surface area contributed by atoms with Gasteiger partial charge in [-0.1, -0.05) is 30.3 Å². The highest BCUT2D eigenvalue weighted by Crippen LogP contribution is 2.23. The minimum Gasteiger partial charge on any atom is -0.321 e. The standard InChI is InChI=1S/C21H18N6O3S/c1-14-18(15-6-3-2-4-7-15)25-26-19(14)20(28)24-16-8-10-17(11-9-16)31(29,30)27-21-22-12-5-13-23-21/h2-13H,1H3,(H,24,28)(H,25,26)(H,22,23,27). The van der Waals surface area contributed by atoms with Crippen molar-refractivity contribution in [3.8, 4) is 11.3 Å². The molecule has 0 aliphatic heterocycles. The molecule has 0 spiro atoms. The molecular formula is C21H18N6O3S. The number of anilines is 2. The van der Waals surface area contributed by atoms with Gasteiger partial charge in [0, 0.05) is 23.6 Å². The van der Waals surface area contributed by atoms with Crippen molar-refractivity contribution in [2.45, 2.75) is 11.8 Å². The van der Waals surface area contributed by atoms with Crippen molar-refractivity contribution in [3.05, 3.63) is 84.3 Å². The van der Waals surface area contributed by atoms with Gasteiger partial charge in [0.25, 0.3) is 15.9 Å². The topological polar surface area (TPSA) is 130 Å². The Morgan fingerprint density at radius 1 is 0.935 bits per heavy atom. The third-order valence-electron chi connectivity index (χ3n) is 4.50. The first-order valence-electron chi connectivity index (χ1n) is 9.26. The molecule has 3 N–H and O–H groups in total. The van der Waals surface area contributed by atoms with Crippen LogP contribution < -0.4 is 10.0 Å². The molecule has 2 aromatic heterocycles. The molecule has 0 saturated carbocycles. The largest absolute Gasteiger partial charge is 0.321 e. The van der Waals surface area contributed by atoms with E-state index < -0.39 is 15.9 Å². The minimum atomic E-state index is -3.85. The van der Waals surface area contributed by atoms with Crippen LogP contribution in [0.1, 0.15) is 16.1 Å². The third-order valence-corrected chi connectivity index (χ3v) is 5.85. The van der Waals surface area contributed by atoms with Crippen molar-refractivity contribution >= 4 is 27.6 Å². The van der Waals surface area contributed by atoms with Gasteiger partial charge in [-0.05, 0) is 42.8 Å². The van der Waals surface area contributed by atoms with Gasteiger partial charge in [-0.15, -0.1) is 0 Å². The normalized spacial score (nSPS) is 11.1. The first-order valence-corrected chi connectivity index (χ1v) is 10.7. The zero-order chi connectivity index (χ0) is 21.8. The number of carbonyl (C=O) groups excluding carboxylic acids is 1. The molecule has 1 amide bonds. The second kappa shape index (κ2) is 8.36. The van der Waals surface area contributed by atoms with Crippen LogP contribution in [0.2, 0.25) is 0 Å². The average molecular weight is 434 g/mol. The van der Waals surface area contributed by atoms with Crippen LogP contribution in [0.25, 0.3) is 11.3 Å². The highest BCUT2D eigenvalue weighted by atomic mass is 32.2. The van der Waals surface area contributed by atoms with Gasteiger partial charge in [0.05, 0.1) is 10.6 Å². The molecule has 0 bridgehead atoms. The lowest BCUT2D eigenvalue weighted by Gasteiger charge is -2.08. The van der Waals surface area contributed by atoms with Gasteiger partial charge in [-0.25, -0.2) is 23.1 Å². The second-order valence-electron chi connectivity index (χ2n) is 6.59. The zero-order valence-electron chi connectivity index (χ0n) is 16.4. The second-order valence-corrected chi connectivity index (χ2v) is 8.28. The summed E-state index contributed by atoms with van der Waals surface area (Å²) in [7, 11) is -3.85. The van der Waals surface area contributed by atoms with Crippen molar-refractivity contribution < 1.29 is 13.2 Å². The van der Waals surface area contributed by atoms with Crippen LogP contribution in [0.4, 0.5) is 11.6 Å². The summed E-state index contributed by atoms with van der Waals surface area (Å²) in [6, 6.07) is 16.9. The lowest BCUT2D eigenvalue weighted by Crippen LogP contribution is -2.16. The summed E-state index contributed by atoms with van der Waals surface area (Å²) in [4.78, 5) is 20.4. The van der Waals surface area contributed by atoms with E-state index in [1.807, 2.05) is 37.3 Å². The lowest BCUT2D eigenvalue weighted by molar-refractivity contribution is 0.102. The molecule has 4 rings (SSSR count). The van der Waals surface area contributed by atoms with Gasteiger partial charge < -0.3 is 5.32 Å². The Labute approximate surface area is 178 Å². The summed E-state index contributed by atoms with van der Waals surface area (Å²) in [6.07, 6.45) is 2.87. The van der Waals surface area contributed by atoms with Crippen molar-refractivity contribution in [2.24, 2.45) is 0 Å². The van der Waals surface area contributed by atoms with Gasteiger partial charge in [0.15, 0.2) is 5.69 Å². The number of rotatable bonds is 6. The van der Waals surface area contributed by atoms with Crippen LogP contribution >= 0.6 is 0 Å². The van der Waals surface area contributed by atoms with E-state index in [0.717, 1.165) is 16.8 Å². The fraction of sp³-hybridized carbons (Fsp3) is 0.0476. The van der Waals surface area contributed by atoms with Gasteiger partial charge >= 0.3 is 0 Å². The Morgan fingerprint density at radius 3 is 2.29 bits per heavy atom. The van der Waals surface area contributed by atoms with Gasteiger partial charge in [0.1, 0.15) is 0 Å². The summed E-state index contributed by atoms with van der Waals surface area (Å²) in [5.41, 5.74) is 3.11. The van der Waals surface area contributed by atoms with Gasteiger partial charge in [-0.2, -0.15) is 5.10 Å². The summed E-state index contributed by atoms with van der Waals surface area (Å²) >= 11 is 0. The van der Waals surface area contributed by atoms with Crippen LogP contribution in [-0.4, -0.2) is 34.5 Å². The summed E-state index contributed by atoms with van der Waals surface area (Å²) < 4.78 is 27.2. The summed E-state index contributed by atoms with van der Waals surface area (Å²) in [6.45, 7) is 1.81. The van der Waals surface area contributed by atoms with E-state index in [0.29, 0.717) is 5.69 Å². The highest BCUT2D eigenvalue weighted by molar-refractivity contribution is 7.92.